The smallest absolute Gasteiger partial charge is 0.133 e. The Kier molecular flexibility index (Phi) is 4.49. The second-order valence-electron chi connectivity index (χ2n) is 4.00. The summed E-state index contributed by atoms with van der Waals surface area (Å²) in [7, 11) is 3.21. The Morgan fingerprint density at radius 2 is 1.90 bits per heavy atom. The van der Waals surface area contributed by atoms with Gasteiger partial charge in [0.2, 0.25) is 0 Å². The van der Waals surface area contributed by atoms with Gasteiger partial charge in [0.1, 0.15) is 17.6 Å². The molecular weight excluding hydrogens is 320 g/mol. The Morgan fingerprint density at radius 3 is 2.50 bits per heavy atom. The van der Waals surface area contributed by atoms with Crippen LogP contribution in [0.3, 0.4) is 0 Å². The van der Waals surface area contributed by atoms with Crippen LogP contribution in [0.1, 0.15) is 5.56 Å². The zero-order valence-electron chi connectivity index (χ0n) is 11.1. The molecule has 0 aliphatic rings. The molecule has 2 rings (SSSR count). The Balaban J connectivity index is 2.34. The first-order chi connectivity index (χ1) is 9.67. The molecule has 0 radical (unpaired) electrons. The largest absolute Gasteiger partial charge is 0.497 e. The molecule has 0 saturated heterocycles. The number of rotatable bonds is 4. The third kappa shape index (κ3) is 3.03. The van der Waals surface area contributed by atoms with Gasteiger partial charge in [-0.2, -0.15) is 5.26 Å². The van der Waals surface area contributed by atoms with E-state index in [9.17, 15) is 0 Å². The zero-order valence-corrected chi connectivity index (χ0v) is 12.7. The van der Waals surface area contributed by atoms with Crippen molar-refractivity contribution in [2.45, 2.75) is 0 Å². The summed E-state index contributed by atoms with van der Waals surface area (Å²) in [5, 5.41) is 12.3. The molecule has 0 heterocycles. The van der Waals surface area contributed by atoms with E-state index in [1.54, 1.807) is 32.4 Å². The van der Waals surface area contributed by atoms with Gasteiger partial charge in [0, 0.05) is 11.8 Å². The lowest BCUT2D eigenvalue weighted by atomic mass is 10.1. The van der Waals surface area contributed by atoms with Crippen molar-refractivity contribution in [3.05, 3.63) is 46.4 Å². The Labute approximate surface area is 126 Å². The number of nitrogens with one attached hydrogen (secondary N) is 1. The van der Waals surface area contributed by atoms with Gasteiger partial charge >= 0.3 is 0 Å². The minimum atomic E-state index is 0.553. The third-order valence-electron chi connectivity index (χ3n) is 2.78. The Morgan fingerprint density at radius 1 is 1.10 bits per heavy atom. The van der Waals surface area contributed by atoms with Gasteiger partial charge in [-0.25, -0.2) is 0 Å². The molecule has 0 aromatic heterocycles. The molecule has 4 nitrogen and oxygen atoms in total. The fourth-order valence-electron chi connectivity index (χ4n) is 1.75. The number of halogens is 1. The van der Waals surface area contributed by atoms with Gasteiger partial charge in [0.25, 0.3) is 0 Å². The number of nitrogens with zero attached hydrogens (tertiary/aromatic N) is 1. The van der Waals surface area contributed by atoms with Crippen molar-refractivity contribution < 1.29 is 9.47 Å². The van der Waals surface area contributed by atoms with E-state index in [-0.39, 0.29) is 0 Å². The van der Waals surface area contributed by atoms with E-state index < -0.39 is 0 Å². The van der Waals surface area contributed by atoms with Crippen LogP contribution in [0.15, 0.2) is 40.9 Å². The maximum atomic E-state index is 9.14. The molecule has 0 unspecified atom stereocenters. The first-order valence-electron chi connectivity index (χ1n) is 5.86. The molecule has 0 saturated carbocycles. The lowest BCUT2D eigenvalue weighted by molar-refractivity contribution is 0.412. The first kappa shape index (κ1) is 14.2. The summed E-state index contributed by atoms with van der Waals surface area (Å²) in [5.74, 6) is 1.45. The second-order valence-corrected chi connectivity index (χ2v) is 4.85. The summed E-state index contributed by atoms with van der Waals surface area (Å²) in [6, 6.07) is 13.0. The van der Waals surface area contributed by atoms with Crippen LogP contribution in [0.4, 0.5) is 11.4 Å². The molecule has 0 spiro atoms. The molecule has 1 N–H and O–H groups in total. The minimum Gasteiger partial charge on any atom is -0.497 e. The summed E-state index contributed by atoms with van der Waals surface area (Å²) < 4.78 is 11.2. The summed E-state index contributed by atoms with van der Waals surface area (Å²) in [6.07, 6.45) is 0. The van der Waals surface area contributed by atoms with Crippen LogP contribution in [0.2, 0.25) is 0 Å². The Bertz CT molecular complexity index is 665. The molecule has 0 aliphatic heterocycles. The number of nitriles is 1. The Hall–Kier alpha value is -2.19. The van der Waals surface area contributed by atoms with Crippen molar-refractivity contribution >= 4 is 27.3 Å². The average Bonchev–Trinajstić information content (AvgIpc) is 2.47. The fourth-order valence-corrected chi connectivity index (χ4v) is 2.29. The van der Waals surface area contributed by atoms with Gasteiger partial charge in [0.15, 0.2) is 0 Å². The molecule has 5 heteroatoms. The number of hydrogen-bond donors (Lipinski definition) is 1. The van der Waals surface area contributed by atoms with E-state index in [0.29, 0.717) is 17.0 Å². The monoisotopic (exact) mass is 332 g/mol. The van der Waals surface area contributed by atoms with Crippen molar-refractivity contribution in [3.8, 4) is 17.6 Å². The number of anilines is 2. The zero-order chi connectivity index (χ0) is 14.5. The standard InChI is InChI=1S/C15H13BrN2O2/c1-19-12-5-3-10(9-17)14(8-12)18-11-4-6-15(20-2)13(16)7-11/h3-8,18H,1-2H3. The van der Waals surface area contributed by atoms with Crippen molar-refractivity contribution in [1.29, 1.82) is 5.26 Å². The molecular formula is C15H13BrN2O2. The molecule has 2 aromatic carbocycles. The number of methoxy groups -OCH3 is 2. The highest BCUT2D eigenvalue weighted by Crippen LogP contribution is 2.31. The van der Waals surface area contributed by atoms with Crippen LogP contribution in [0.25, 0.3) is 0 Å². The molecule has 2 aromatic rings. The van der Waals surface area contributed by atoms with Crippen molar-refractivity contribution in [3.63, 3.8) is 0 Å². The first-order valence-corrected chi connectivity index (χ1v) is 6.66. The van der Waals surface area contributed by atoms with E-state index in [2.05, 4.69) is 27.3 Å². The third-order valence-corrected chi connectivity index (χ3v) is 3.40. The molecule has 0 bridgehead atoms. The van der Waals surface area contributed by atoms with Gasteiger partial charge in [-0.3, -0.25) is 0 Å². The lowest BCUT2D eigenvalue weighted by Gasteiger charge is -2.11. The number of hydrogen-bond acceptors (Lipinski definition) is 4. The quantitative estimate of drug-likeness (QED) is 0.916. The van der Waals surface area contributed by atoms with Crippen LogP contribution in [-0.2, 0) is 0 Å². The molecule has 0 amide bonds. The van der Waals surface area contributed by atoms with Gasteiger partial charge < -0.3 is 14.8 Å². The van der Waals surface area contributed by atoms with Crippen LogP contribution in [-0.4, -0.2) is 14.2 Å². The van der Waals surface area contributed by atoms with Crippen LogP contribution < -0.4 is 14.8 Å². The van der Waals surface area contributed by atoms with Gasteiger partial charge in [-0.15, -0.1) is 0 Å². The van der Waals surface area contributed by atoms with Gasteiger partial charge in [-0.1, -0.05) is 0 Å². The molecule has 0 fully saturated rings. The van der Waals surface area contributed by atoms with Gasteiger partial charge in [0.05, 0.1) is 29.9 Å². The maximum absolute atomic E-state index is 9.14. The van der Waals surface area contributed by atoms with E-state index >= 15 is 0 Å². The fraction of sp³-hybridized carbons (Fsp3) is 0.133. The highest BCUT2D eigenvalue weighted by atomic mass is 79.9. The topological polar surface area (TPSA) is 54.3 Å². The lowest BCUT2D eigenvalue weighted by Crippen LogP contribution is -1.95. The molecule has 20 heavy (non-hydrogen) atoms. The van der Waals surface area contributed by atoms with E-state index in [1.165, 1.54) is 0 Å². The summed E-state index contributed by atoms with van der Waals surface area (Å²) in [6.45, 7) is 0. The normalized spacial score (nSPS) is 9.70. The molecule has 0 aliphatic carbocycles. The maximum Gasteiger partial charge on any atom is 0.133 e. The second kappa shape index (κ2) is 6.31. The summed E-state index contributed by atoms with van der Waals surface area (Å²) in [4.78, 5) is 0. The minimum absolute atomic E-state index is 0.553. The van der Waals surface area contributed by atoms with E-state index in [4.69, 9.17) is 14.7 Å². The summed E-state index contributed by atoms with van der Waals surface area (Å²) in [5.41, 5.74) is 2.10. The van der Waals surface area contributed by atoms with Crippen LogP contribution in [0.5, 0.6) is 11.5 Å². The van der Waals surface area contributed by atoms with Crippen LogP contribution in [0, 0.1) is 11.3 Å². The van der Waals surface area contributed by atoms with E-state index in [0.717, 1.165) is 15.9 Å². The summed E-state index contributed by atoms with van der Waals surface area (Å²) >= 11 is 3.43. The average molecular weight is 333 g/mol. The van der Waals surface area contributed by atoms with E-state index in [1.807, 2.05) is 18.2 Å². The van der Waals surface area contributed by atoms with Crippen molar-refractivity contribution in [2.24, 2.45) is 0 Å². The van der Waals surface area contributed by atoms with Crippen LogP contribution >= 0.6 is 15.9 Å². The van der Waals surface area contributed by atoms with Gasteiger partial charge in [-0.05, 0) is 46.3 Å². The number of benzene rings is 2. The predicted octanol–water partition coefficient (Wildman–Crippen LogP) is 4.08. The highest BCUT2D eigenvalue weighted by Gasteiger charge is 2.06. The van der Waals surface area contributed by atoms with Crippen molar-refractivity contribution in [1.82, 2.24) is 0 Å². The number of ether oxygens (including phenoxy) is 2. The predicted molar refractivity (Wildman–Crippen MR) is 81.7 cm³/mol. The molecule has 0 atom stereocenters. The highest BCUT2D eigenvalue weighted by molar-refractivity contribution is 9.10. The molecule has 102 valence electrons. The van der Waals surface area contributed by atoms with Crippen molar-refractivity contribution in [2.75, 3.05) is 19.5 Å². The SMILES string of the molecule is COc1ccc(C#N)c(Nc2ccc(OC)c(Br)c2)c1.